The minimum atomic E-state index is -0.763. The normalized spacial score (nSPS) is 10.2. The topological polar surface area (TPSA) is 119 Å². The van der Waals surface area contributed by atoms with E-state index >= 15 is 0 Å². The summed E-state index contributed by atoms with van der Waals surface area (Å²) in [6.45, 7) is 0.360. The highest BCUT2D eigenvalue weighted by Crippen LogP contribution is 2.23. The SMILES string of the molecule is CN(CCc1ccncc1)C(=O)c1cc([N+](=O)[O-])cc([N+](=O)[O-])c1. The van der Waals surface area contributed by atoms with Crippen LogP contribution in [-0.4, -0.2) is 39.2 Å². The van der Waals surface area contributed by atoms with Gasteiger partial charge < -0.3 is 4.90 Å². The first-order chi connectivity index (χ1) is 11.4. The van der Waals surface area contributed by atoms with Gasteiger partial charge in [-0.2, -0.15) is 0 Å². The van der Waals surface area contributed by atoms with Crippen molar-refractivity contribution in [1.82, 2.24) is 9.88 Å². The number of nitro groups is 2. The zero-order chi connectivity index (χ0) is 17.7. The van der Waals surface area contributed by atoms with Crippen molar-refractivity contribution in [2.75, 3.05) is 13.6 Å². The van der Waals surface area contributed by atoms with E-state index in [0.29, 0.717) is 13.0 Å². The third-order valence-corrected chi connectivity index (χ3v) is 3.40. The highest BCUT2D eigenvalue weighted by atomic mass is 16.6. The Morgan fingerprint density at radius 3 is 2.12 bits per heavy atom. The van der Waals surface area contributed by atoms with Crippen LogP contribution in [-0.2, 0) is 6.42 Å². The standard InChI is InChI=1S/C15H14N4O5/c1-17(7-4-11-2-5-16-6-3-11)15(20)12-8-13(18(21)22)10-14(9-12)19(23)24/h2-3,5-6,8-10H,4,7H2,1H3. The quantitative estimate of drug-likeness (QED) is 0.591. The Morgan fingerprint density at radius 1 is 1.08 bits per heavy atom. The van der Waals surface area contributed by atoms with Crippen molar-refractivity contribution in [2.24, 2.45) is 0 Å². The number of aromatic nitrogens is 1. The number of pyridine rings is 1. The second-order valence-corrected chi connectivity index (χ2v) is 5.08. The number of carbonyl (C=O) groups excluding carboxylic acids is 1. The molecule has 0 aliphatic rings. The number of likely N-dealkylation sites (N-methyl/N-ethyl adjacent to an activating group) is 1. The highest BCUT2D eigenvalue weighted by molar-refractivity contribution is 5.95. The Kier molecular flexibility index (Phi) is 5.15. The van der Waals surface area contributed by atoms with Crippen LogP contribution in [0.25, 0.3) is 0 Å². The molecule has 0 aliphatic heterocycles. The molecule has 124 valence electrons. The van der Waals surface area contributed by atoms with Crippen molar-refractivity contribution in [2.45, 2.75) is 6.42 Å². The molecule has 2 rings (SSSR count). The number of hydrogen-bond donors (Lipinski definition) is 0. The van der Waals surface area contributed by atoms with E-state index in [2.05, 4.69) is 4.98 Å². The van der Waals surface area contributed by atoms with Crippen LogP contribution in [0.5, 0.6) is 0 Å². The van der Waals surface area contributed by atoms with Crippen molar-refractivity contribution >= 4 is 17.3 Å². The summed E-state index contributed by atoms with van der Waals surface area (Å²) >= 11 is 0. The number of nitrogens with zero attached hydrogens (tertiary/aromatic N) is 4. The van der Waals surface area contributed by atoms with Crippen LogP contribution in [0.4, 0.5) is 11.4 Å². The first-order valence-electron chi connectivity index (χ1n) is 6.96. The first kappa shape index (κ1) is 17.0. The predicted molar refractivity (Wildman–Crippen MR) is 84.7 cm³/mol. The van der Waals surface area contributed by atoms with Crippen molar-refractivity contribution in [1.29, 1.82) is 0 Å². The fourth-order valence-corrected chi connectivity index (χ4v) is 2.10. The molecule has 1 aromatic carbocycles. The first-order valence-corrected chi connectivity index (χ1v) is 6.96. The number of rotatable bonds is 6. The zero-order valence-electron chi connectivity index (χ0n) is 12.8. The van der Waals surface area contributed by atoms with Gasteiger partial charge in [0.2, 0.25) is 0 Å². The molecule has 24 heavy (non-hydrogen) atoms. The van der Waals surface area contributed by atoms with Gasteiger partial charge >= 0.3 is 0 Å². The van der Waals surface area contributed by atoms with E-state index in [1.807, 2.05) is 12.1 Å². The van der Waals surface area contributed by atoms with E-state index in [9.17, 15) is 25.0 Å². The fraction of sp³-hybridized carbons (Fsp3) is 0.200. The summed E-state index contributed by atoms with van der Waals surface area (Å²) in [5, 5.41) is 21.8. The molecule has 0 spiro atoms. The molecule has 1 amide bonds. The van der Waals surface area contributed by atoms with Gasteiger partial charge in [0, 0.05) is 38.1 Å². The van der Waals surface area contributed by atoms with Crippen molar-refractivity contribution in [3.8, 4) is 0 Å². The van der Waals surface area contributed by atoms with Crippen molar-refractivity contribution in [3.63, 3.8) is 0 Å². The van der Waals surface area contributed by atoms with E-state index < -0.39 is 27.1 Å². The molecule has 0 fully saturated rings. The Morgan fingerprint density at radius 2 is 1.62 bits per heavy atom. The van der Waals surface area contributed by atoms with Gasteiger partial charge in [-0.15, -0.1) is 0 Å². The van der Waals surface area contributed by atoms with Crippen molar-refractivity contribution < 1.29 is 14.6 Å². The molecule has 0 bridgehead atoms. The minimum Gasteiger partial charge on any atom is -0.341 e. The fourth-order valence-electron chi connectivity index (χ4n) is 2.10. The summed E-state index contributed by atoms with van der Waals surface area (Å²) < 4.78 is 0. The van der Waals surface area contributed by atoms with Crippen LogP contribution < -0.4 is 0 Å². The molecular weight excluding hydrogens is 316 g/mol. The van der Waals surface area contributed by atoms with E-state index in [-0.39, 0.29) is 5.56 Å². The molecule has 9 heteroatoms. The van der Waals surface area contributed by atoms with Gasteiger partial charge in [0.25, 0.3) is 17.3 Å². The predicted octanol–water partition coefficient (Wildman–Crippen LogP) is 2.21. The summed E-state index contributed by atoms with van der Waals surface area (Å²) in [6, 6.07) is 6.54. The highest BCUT2D eigenvalue weighted by Gasteiger charge is 2.21. The van der Waals surface area contributed by atoms with Crippen LogP contribution in [0.15, 0.2) is 42.7 Å². The molecule has 0 saturated carbocycles. The number of amides is 1. The summed E-state index contributed by atoms with van der Waals surface area (Å²) in [5.74, 6) is -0.518. The monoisotopic (exact) mass is 330 g/mol. The lowest BCUT2D eigenvalue weighted by Crippen LogP contribution is -2.29. The molecule has 0 aliphatic carbocycles. The lowest BCUT2D eigenvalue weighted by molar-refractivity contribution is -0.394. The molecule has 0 unspecified atom stereocenters. The van der Waals surface area contributed by atoms with E-state index in [1.165, 1.54) is 11.9 Å². The summed E-state index contributed by atoms with van der Waals surface area (Å²) in [7, 11) is 1.54. The molecule has 1 heterocycles. The minimum absolute atomic E-state index is 0.0897. The maximum atomic E-state index is 12.4. The molecule has 0 radical (unpaired) electrons. The maximum Gasteiger partial charge on any atom is 0.277 e. The van der Waals surface area contributed by atoms with Crippen LogP contribution in [0.1, 0.15) is 15.9 Å². The number of nitro benzene ring substituents is 2. The van der Waals surface area contributed by atoms with E-state index in [1.54, 1.807) is 12.4 Å². The van der Waals surface area contributed by atoms with Crippen LogP contribution >= 0.6 is 0 Å². The van der Waals surface area contributed by atoms with E-state index in [4.69, 9.17) is 0 Å². The largest absolute Gasteiger partial charge is 0.341 e. The lowest BCUT2D eigenvalue weighted by Gasteiger charge is -2.17. The third kappa shape index (κ3) is 4.09. The Bertz CT molecular complexity index is 746. The maximum absolute atomic E-state index is 12.4. The average Bonchev–Trinajstić information content (AvgIpc) is 2.59. The number of hydrogen-bond acceptors (Lipinski definition) is 6. The van der Waals surface area contributed by atoms with Gasteiger partial charge in [0.1, 0.15) is 0 Å². The van der Waals surface area contributed by atoms with Crippen LogP contribution in [0.3, 0.4) is 0 Å². The zero-order valence-corrected chi connectivity index (χ0v) is 12.8. The smallest absolute Gasteiger partial charge is 0.277 e. The molecule has 0 atom stereocenters. The third-order valence-electron chi connectivity index (χ3n) is 3.40. The second-order valence-electron chi connectivity index (χ2n) is 5.08. The Hall–Kier alpha value is -3.36. The van der Waals surface area contributed by atoms with Crippen molar-refractivity contribution in [3.05, 3.63) is 74.1 Å². The number of non-ortho nitro benzene ring substituents is 2. The van der Waals surface area contributed by atoms with Crippen LogP contribution in [0, 0.1) is 20.2 Å². The van der Waals surface area contributed by atoms with Gasteiger partial charge in [0.15, 0.2) is 0 Å². The van der Waals surface area contributed by atoms with Gasteiger partial charge in [-0.25, -0.2) is 0 Å². The molecule has 0 N–H and O–H groups in total. The second kappa shape index (κ2) is 7.27. The number of carbonyl (C=O) groups is 1. The lowest BCUT2D eigenvalue weighted by atomic mass is 10.1. The van der Waals surface area contributed by atoms with Gasteiger partial charge in [-0.3, -0.25) is 30.0 Å². The van der Waals surface area contributed by atoms with Crippen LogP contribution in [0.2, 0.25) is 0 Å². The molecule has 2 aromatic rings. The van der Waals surface area contributed by atoms with Gasteiger partial charge in [-0.05, 0) is 24.1 Å². The van der Waals surface area contributed by atoms with Gasteiger partial charge in [-0.1, -0.05) is 0 Å². The summed E-state index contributed by atoms with van der Waals surface area (Å²) in [4.78, 5) is 37.9. The van der Waals surface area contributed by atoms with Gasteiger partial charge in [0.05, 0.1) is 21.5 Å². The molecule has 0 saturated heterocycles. The molecular formula is C15H14N4O5. The molecule has 9 nitrogen and oxygen atoms in total. The molecule has 1 aromatic heterocycles. The van der Waals surface area contributed by atoms with E-state index in [0.717, 1.165) is 23.8 Å². The Labute approximate surface area is 136 Å². The Balaban J connectivity index is 2.18. The average molecular weight is 330 g/mol. The number of benzene rings is 1. The summed E-state index contributed by atoms with van der Waals surface area (Å²) in [6.07, 6.45) is 3.85. The summed E-state index contributed by atoms with van der Waals surface area (Å²) in [5.41, 5.74) is -0.0898.